The lowest BCUT2D eigenvalue weighted by molar-refractivity contribution is -0.742. The van der Waals surface area contributed by atoms with Gasteiger partial charge in [-0.2, -0.15) is 0 Å². The first kappa shape index (κ1) is 15.3. The van der Waals surface area contributed by atoms with E-state index in [4.69, 9.17) is 38.5 Å². The highest BCUT2D eigenvalue weighted by Crippen LogP contribution is 2.29. The number of nitrogens with one attached hydrogen (secondary N) is 2. The number of aliphatic imine (C=N–C) groups is 1. The van der Waals surface area contributed by atoms with Gasteiger partial charge in [0.05, 0.1) is 15.7 Å². The molecule has 1 aromatic rings. The number of hydrogen-bond donors (Lipinski definition) is 3. The first-order valence-electron chi connectivity index (χ1n) is 5.33. The number of guanidine groups is 1. The van der Waals surface area contributed by atoms with E-state index in [1.54, 1.807) is 12.1 Å². The summed E-state index contributed by atoms with van der Waals surface area (Å²) in [6, 6.07) is 5.39. The molecule has 0 bridgehead atoms. The molecular formula is C10H12Cl2N4O3. The Morgan fingerprint density at radius 2 is 2.00 bits per heavy atom. The molecule has 0 aromatic heterocycles. The quantitative estimate of drug-likeness (QED) is 0.546. The smallest absolute Gasteiger partial charge is 0.291 e. The van der Waals surface area contributed by atoms with Crippen molar-refractivity contribution < 1.29 is 10.3 Å². The van der Waals surface area contributed by atoms with Crippen LogP contribution >= 0.6 is 23.2 Å². The van der Waals surface area contributed by atoms with Crippen molar-refractivity contribution in [3.8, 4) is 0 Å². The van der Waals surface area contributed by atoms with Crippen molar-refractivity contribution in [2.45, 2.75) is 6.42 Å². The number of rotatable bonds is 1. The van der Waals surface area contributed by atoms with Crippen molar-refractivity contribution in [3.05, 3.63) is 38.4 Å². The van der Waals surface area contributed by atoms with E-state index in [1.807, 2.05) is 6.07 Å². The molecule has 7 nitrogen and oxygen atoms in total. The SMILES string of the molecule is Clc1cccc(Cl)c1NC1=NCCCN1.O=[N+]([O-])O. The number of para-hydroxylation sites is 1. The maximum absolute atomic E-state index is 8.36. The third-order valence-corrected chi connectivity index (χ3v) is 2.73. The van der Waals surface area contributed by atoms with Crippen molar-refractivity contribution in [3.63, 3.8) is 0 Å². The molecule has 1 aliphatic rings. The van der Waals surface area contributed by atoms with Gasteiger partial charge in [-0.1, -0.05) is 29.3 Å². The van der Waals surface area contributed by atoms with Gasteiger partial charge in [-0.05, 0) is 18.6 Å². The molecule has 104 valence electrons. The zero-order valence-corrected chi connectivity index (χ0v) is 11.3. The highest BCUT2D eigenvalue weighted by Gasteiger charge is 2.09. The van der Waals surface area contributed by atoms with E-state index in [9.17, 15) is 0 Å². The van der Waals surface area contributed by atoms with Crippen LogP contribution in [0.5, 0.6) is 0 Å². The average Bonchev–Trinajstić information content (AvgIpc) is 2.35. The van der Waals surface area contributed by atoms with Gasteiger partial charge in [0.1, 0.15) is 0 Å². The highest BCUT2D eigenvalue weighted by atomic mass is 35.5. The van der Waals surface area contributed by atoms with Crippen LogP contribution in [0, 0.1) is 10.1 Å². The fourth-order valence-electron chi connectivity index (χ4n) is 1.35. The van der Waals surface area contributed by atoms with Crippen LogP contribution < -0.4 is 10.6 Å². The molecule has 0 radical (unpaired) electrons. The number of halogens is 2. The summed E-state index contributed by atoms with van der Waals surface area (Å²) in [5, 5.41) is 21.1. The third-order valence-electron chi connectivity index (χ3n) is 2.10. The van der Waals surface area contributed by atoms with Crippen LogP contribution in [0.25, 0.3) is 0 Å². The van der Waals surface area contributed by atoms with Gasteiger partial charge in [0.2, 0.25) is 0 Å². The molecule has 1 aromatic carbocycles. The Morgan fingerprint density at radius 3 is 2.47 bits per heavy atom. The molecule has 0 fully saturated rings. The van der Waals surface area contributed by atoms with Crippen molar-refractivity contribution in [2.24, 2.45) is 4.99 Å². The van der Waals surface area contributed by atoms with Crippen molar-refractivity contribution in [1.29, 1.82) is 0 Å². The molecular weight excluding hydrogens is 295 g/mol. The first-order chi connectivity index (χ1) is 9.00. The zero-order chi connectivity index (χ0) is 14.3. The molecule has 2 rings (SSSR count). The topological polar surface area (TPSA) is 99.8 Å². The zero-order valence-electron chi connectivity index (χ0n) is 9.77. The minimum Gasteiger partial charge on any atom is -0.356 e. The Hall–Kier alpha value is -1.73. The van der Waals surface area contributed by atoms with Gasteiger partial charge in [0, 0.05) is 13.1 Å². The van der Waals surface area contributed by atoms with Crippen molar-refractivity contribution in [1.82, 2.24) is 5.32 Å². The van der Waals surface area contributed by atoms with Gasteiger partial charge < -0.3 is 15.8 Å². The first-order valence-corrected chi connectivity index (χ1v) is 6.09. The predicted octanol–water partition coefficient (Wildman–Crippen LogP) is 2.41. The van der Waals surface area contributed by atoms with E-state index in [0.717, 1.165) is 25.5 Å². The van der Waals surface area contributed by atoms with Crippen molar-refractivity contribution in [2.75, 3.05) is 18.4 Å². The molecule has 0 saturated carbocycles. The van der Waals surface area contributed by atoms with E-state index in [1.165, 1.54) is 0 Å². The second-order valence-electron chi connectivity index (χ2n) is 3.47. The van der Waals surface area contributed by atoms with E-state index in [-0.39, 0.29) is 0 Å². The standard InChI is InChI=1S/C10H11Cl2N3.HNO3/c11-7-3-1-4-8(12)9(7)15-10-13-5-2-6-14-10;2-1(3)4/h1,3-4H,2,5-6H2,(H2,13,14,15);(H,2,3,4). The second kappa shape index (κ2) is 7.65. The number of anilines is 1. The molecule has 1 heterocycles. The van der Waals surface area contributed by atoms with Crippen LogP contribution in [0.2, 0.25) is 10.0 Å². The van der Waals surface area contributed by atoms with Gasteiger partial charge in [0.15, 0.2) is 5.96 Å². The lowest BCUT2D eigenvalue weighted by Crippen LogP contribution is -2.35. The van der Waals surface area contributed by atoms with Gasteiger partial charge in [0.25, 0.3) is 5.09 Å². The summed E-state index contributed by atoms with van der Waals surface area (Å²) in [7, 11) is 0. The van der Waals surface area contributed by atoms with E-state index in [2.05, 4.69) is 15.6 Å². The highest BCUT2D eigenvalue weighted by molar-refractivity contribution is 6.39. The molecule has 0 amide bonds. The molecule has 0 unspecified atom stereocenters. The van der Waals surface area contributed by atoms with E-state index in [0.29, 0.717) is 15.7 Å². The maximum Gasteiger partial charge on any atom is 0.291 e. The predicted molar refractivity (Wildman–Crippen MR) is 73.8 cm³/mol. The largest absolute Gasteiger partial charge is 0.356 e. The number of benzene rings is 1. The maximum atomic E-state index is 8.36. The number of hydrogen-bond acceptors (Lipinski definition) is 5. The van der Waals surface area contributed by atoms with Crippen LogP contribution in [-0.4, -0.2) is 29.3 Å². The van der Waals surface area contributed by atoms with Gasteiger partial charge >= 0.3 is 0 Å². The fourth-order valence-corrected chi connectivity index (χ4v) is 1.84. The lowest BCUT2D eigenvalue weighted by Gasteiger charge is -2.17. The molecule has 3 N–H and O–H groups in total. The normalized spacial score (nSPS) is 13.5. The molecule has 0 atom stereocenters. The Labute approximate surface area is 119 Å². The summed E-state index contributed by atoms with van der Waals surface area (Å²) < 4.78 is 0. The summed E-state index contributed by atoms with van der Waals surface area (Å²) in [4.78, 5) is 12.6. The molecule has 0 saturated heterocycles. The minimum absolute atomic E-state index is 0.595. The Bertz CT molecular complexity index is 458. The van der Waals surface area contributed by atoms with Crippen molar-refractivity contribution >= 4 is 34.8 Å². The van der Waals surface area contributed by atoms with Gasteiger partial charge in [-0.3, -0.25) is 4.99 Å². The Kier molecular flexibility index (Phi) is 6.17. The van der Waals surface area contributed by atoms with Crippen LogP contribution in [0.15, 0.2) is 23.2 Å². The summed E-state index contributed by atoms with van der Waals surface area (Å²) >= 11 is 12.0. The average molecular weight is 307 g/mol. The second-order valence-corrected chi connectivity index (χ2v) is 4.28. The molecule has 0 spiro atoms. The molecule has 0 aliphatic carbocycles. The Balaban J connectivity index is 0.000000399. The lowest BCUT2D eigenvalue weighted by atomic mass is 10.3. The van der Waals surface area contributed by atoms with Crippen LogP contribution in [0.3, 0.4) is 0 Å². The molecule has 9 heteroatoms. The minimum atomic E-state index is -1.50. The van der Waals surface area contributed by atoms with Gasteiger partial charge in [-0.25, -0.2) is 0 Å². The number of nitrogens with zero attached hydrogens (tertiary/aromatic N) is 2. The fraction of sp³-hybridized carbons (Fsp3) is 0.300. The third kappa shape index (κ3) is 5.62. The Morgan fingerprint density at radius 1 is 1.42 bits per heavy atom. The van der Waals surface area contributed by atoms with Crippen LogP contribution in [0.4, 0.5) is 5.69 Å². The summed E-state index contributed by atoms with van der Waals surface area (Å²) in [6.07, 6.45) is 1.06. The molecule has 1 aliphatic heterocycles. The van der Waals surface area contributed by atoms with Crippen LogP contribution in [-0.2, 0) is 0 Å². The van der Waals surface area contributed by atoms with Gasteiger partial charge in [-0.15, -0.1) is 10.1 Å². The van der Waals surface area contributed by atoms with E-state index >= 15 is 0 Å². The molecule has 19 heavy (non-hydrogen) atoms. The monoisotopic (exact) mass is 306 g/mol. The summed E-state index contributed by atoms with van der Waals surface area (Å²) in [6.45, 7) is 1.76. The van der Waals surface area contributed by atoms with E-state index < -0.39 is 5.09 Å². The van der Waals surface area contributed by atoms with Crippen LogP contribution in [0.1, 0.15) is 6.42 Å². The summed E-state index contributed by atoms with van der Waals surface area (Å²) in [5.41, 5.74) is 0.703. The summed E-state index contributed by atoms with van der Waals surface area (Å²) in [5.74, 6) is 0.733.